The third kappa shape index (κ3) is 2.54. The molecule has 1 saturated heterocycles. The van der Waals surface area contributed by atoms with Gasteiger partial charge in [0.25, 0.3) is 0 Å². The van der Waals surface area contributed by atoms with Crippen LogP contribution in [0.15, 0.2) is 0 Å². The fourth-order valence-corrected chi connectivity index (χ4v) is 6.02. The van der Waals surface area contributed by atoms with Crippen molar-refractivity contribution in [1.29, 1.82) is 0 Å². The van der Waals surface area contributed by atoms with Crippen LogP contribution in [0.25, 0.3) is 0 Å². The zero-order valence-electron chi connectivity index (χ0n) is 11.9. The van der Waals surface area contributed by atoms with Gasteiger partial charge < -0.3 is 0 Å². The molecular weight excluding hydrogens is 283 g/mol. The summed E-state index contributed by atoms with van der Waals surface area (Å²) < 4.78 is 10.7. The number of rotatable bonds is 1. The topological polar surface area (TPSA) is 35.5 Å². The number of ether oxygens (including phenoxy) is 2. The molecule has 0 saturated carbocycles. The van der Waals surface area contributed by atoms with Gasteiger partial charge in [0.15, 0.2) is 0 Å². The molecule has 0 aromatic heterocycles. The first kappa shape index (κ1) is 15.0. The molecule has 0 aromatic rings. The van der Waals surface area contributed by atoms with E-state index in [1.165, 1.54) is 0 Å². The van der Waals surface area contributed by atoms with Crippen molar-refractivity contribution in [2.45, 2.75) is 57.5 Å². The molecule has 0 N–H and O–H groups in total. The maximum absolute atomic E-state index is 12.0. The van der Waals surface area contributed by atoms with Crippen LogP contribution in [-0.4, -0.2) is 38.6 Å². The Balaban J connectivity index is 3.10. The summed E-state index contributed by atoms with van der Waals surface area (Å²) in [6.07, 6.45) is -0.368. The van der Waals surface area contributed by atoms with Crippen molar-refractivity contribution in [1.82, 2.24) is 0 Å². The van der Waals surface area contributed by atoms with Gasteiger partial charge in [0.2, 0.25) is 0 Å². The Bertz CT molecular complexity index is 285. The first-order chi connectivity index (χ1) is 7.55. The van der Waals surface area contributed by atoms with Crippen molar-refractivity contribution < 1.29 is 14.3 Å². The number of carbonyl (C=O) groups excluding carboxylic acids is 1. The first-order valence-electron chi connectivity index (χ1n) is 5.95. The Hall–Kier alpha value is -0.0505. The summed E-state index contributed by atoms with van der Waals surface area (Å²) in [5, 5.41) is 0.802. The number of carbonyl (C=O) groups is 1. The summed E-state index contributed by atoms with van der Waals surface area (Å²) in [6, 6.07) is 0. The Labute approximate surface area is 111 Å². The van der Waals surface area contributed by atoms with Crippen LogP contribution in [0.1, 0.15) is 41.5 Å². The Morgan fingerprint density at radius 3 is 2.00 bits per heavy atom. The second-order valence-corrected chi connectivity index (χ2v) is 9.08. The van der Waals surface area contributed by atoms with E-state index in [1.807, 2.05) is 0 Å². The minimum atomic E-state index is -0.368. The molecule has 0 amide bonds. The molecular formula is C13H24O3Se. The third-order valence-electron chi connectivity index (χ3n) is 3.20. The van der Waals surface area contributed by atoms with Crippen LogP contribution in [0.4, 0.5) is 0 Å². The molecule has 4 heteroatoms. The van der Waals surface area contributed by atoms with Gasteiger partial charge in [0, 0.05) is 0 Å². The van der Waals surface area contributed by atoms with E-state index in [0.717, 1.165) is 5.32 Å². The van der Waals surface area contributed by atoms with E-state index in [-0.39, 0.29) is 42.4 Å². The zero-order valence-corrected chi connectivity index (χ0v) is 13.6. The van der Waals surface area contributed by atoms with Gasteiger partial charge in [0.05, 0.1) is 0 Å². The van der Waals surface area contributed by atoms with Gasteiger partial charge >= 0.3 is 111 Å². The molecule has 100 valence electrons. The van der Waals surface area contributed by atoms with Crippen molar-refractivity contribution in [2.75, 3.05) is 7.11 Å². The molecule has 3 nitrogen and oxygen atoms in total. The second kappa shape index (κ2) is 4.56. The van der Waals surface area contributed by atoms with Crippen LogP contribution in [0.5, 0.6) is 0 Å². The monoisotopic (exact) mass is 308 g/mol. The molecule has 1 rings (SSSR count). The number of cyclic esters (lactones) is 1. The van der Waals surface area contributed by atoms with Crippen LogP contribution in [0.2, 0.25) is 5.32 Å². The van der Waals surface area contributed by atoms with E-state index in [4.69, 9.17) is 9.47 Å². The molecule has 0 spiro atoms. The molecule has 1 unspecified atom stereocenters. The Kier molecular flexibility index (Phi) is 4.03. The van der Waals surface area contributed by atoms with Crippen molar-refractivity contribution in [2.24, 2.45) is 10.8 Å². The Morgan fingerprint density at radius 1 is 1.24 bits per heavy atom. The number of methoxy groups -OCH3 is 1. The average molecular weight is 307 g/mol. The summed E-state index contributed by atoms with van der Waals surface area (Å²) in [5.74, 6) is -0.203. The SMILES string of the molecule is COC1C[Se]C(C(C)(C)C)(C(C)(C)C)OC1=O. The van der Waals surface area contributed by atoms with Crippen LogP contribution in [0, 0.1) is 10.8 Å². The third-order valence-corrected chi connectivity index (χ3v) is 7.79. The van der Waals surface area contributed by atoms with Crippen molar-refractivity contribution >= 4 is 20.9 Å². The maximum atomic E-state index is 12.0. The van der Waals surface area contributed by atoms with Gasteiger partial charge in [-0.25, -0.2) is 0 Å². The van der Waals surface area contributed by atoms with Crippen LogP contribution >= 0.6 is 0 Å². The predicted molar refractivity (Wildman–Crippen MR) is 69.1 cm³/mol. The fraction of sp³-hybridized carbons (Fsp3) is 0.923. The molecule has 1 heterocycles. The Morgan fingerprint density at radius 2 is 1.71 bits per heavy atom. The van der Waals surface area contributed by atoms with E-state index in [9.17, 15) is 4.79 Å². The molecule has 0 radical (unpaired) electrons. The zero-order chi connectivity index (χ0) is 13.5. The van der Waals surface area contributed by atoms with Crippen molar-refractivity contribution in [3.8, 4) is 0 Å². The summed E-state index contributed by atoms with van der Waals surface area (Å²) in [6.45, 7) is 12.9. The van der Waals surface area contributed by atoms with E-state index in [0.29, 0.717) is 0 Å². The molecule has 0 aliphatic carbocycles. The van der Waals surface area contributed by atoms with Crippen molar-refractivity contribution in [3.05, 3.63) is 0 Å². The number of hydrogen-bond acceptors (Lipinski definition) is 3. The molecule has 0 aromatic carbocycles. The molecule has 1 aliphatic rings. The van der Waals surface area contributed by atoms with Gasteiger partial charge in [0.1, 0.15) is 0 Å². The molecule has 1 atom stereocenters. The van der Waals surface area contributed by atoms with Gasteiger partial charge in [-0.15, -0.1) is 0 Å². The van der Waals surface area contributed by atoms with Gasteiger partial charge in [-0.05, 0) is 0 Å². The van der Waals surface area contributed by atoms with Crippen LogP contribution < -0.4 is 0 Å². The first-order valence-corrected chi connectivity index (χ1v) is 8.01. The van der Waals surface area contributed by atoms with E-state index in [1.54, 1.807) is 7.11 Å². The van der Waals surface area contributed by atoms with E-state index >= 15 is 0 Å². The minimum absolute atomic E-state index is 0.0559. The summed E-state index contributed by atoms with van der Waals surface area (Å²) in [4.78, 5) is 12.0. The quantitative estimate of drug-likeness (QED) is 0.551. The summed E-state index contributed by atoms with van der Waals surface area (Å²) in [7, 11) is 1.57. The van der Waals surface area contributed by atoms with Gasteiger partial charge in [-0.2, -0.15) is 0 Å². The molecule has 1 fully saturated rings. The predicted octanol–water partition coefficient (Wildman–Crippen LogP) is 2.47. The standard InChI is InChI=1S/C13H24O3Se/c1-11(2,3)13(12(4,5)6)16-10(14)9(15-7)8-17-13/h9H,8H2,1-7H3. The normalized spacial score (nSPS) is 25.6. The van der Waals surface area contributed by atoms with Gasteiger partial charge in [-0.3, -0.25) is 0 Å². The fourth-order valence-electron chi connectivity index (χ4n) is 2.53. The van der Waals surface area contributed by atoms with E-state index in [2.05, 4.69) is 41.5 Å². The second-order valence-electron chi connectivity index (χ2n) is 6.57. The van der Waals surface area contributed by atoms with Crippen LogP contribution in [0.3, 0.4) is 0 Å². The molecule has 0 bridgehead atoms. The summed E-state index contributed by atoms with van der Waals surface area (Å²) in [5.41, 5.74) is -0.112. The average Bonchev–Trinajstić information content (AvgIpc) is 2.13. The number of hydrogen-bond donors (Lipinski definition) is 0. The van der Waals surface area contributed by atoms with Gasteiger partial charge in [-0.1, -0.05) is 0 Å². The van der Waals surface area contributed by atoms with Crippen molar-refractivity contribution in [3.63, 3.8) is 0 Å². The number of esters is 1. The molecule has 1 aliphatic heterocycles. The summed E-state index contributed by atoms with van der Waals surface area (Å²) >= 11 is 0.220. The van der Waals surface area contributed by atoms with Crippen LogP contribution in [-0.2, 0) is 14.3 Å². The van der Waals surface area contributed by atoms with E-state index < -0.39 is 0 Å². The molecule has 17 heavy (non-hydrogen) atoms.